The molecular formula is C28H42O. The van der Waals surface area contributed by atoms with E-state index in [0.717, 1.165) is 43.3 Å². The molecule has 1 nitrogen and oxygen atoms in total. The van der Waals surface area contributed by atoms with E-state index in [2.05, 4.69) is 62.4 Å². The first-order chi connectivity index (χ1) is 14.3. The van der Waals surface area contributed by atoms with Gasteiger partial charge in [0.25, 0.3) is 0 Å². The van der Waals surface area contributed by atoms with Gasteiger partial charge in [-0.05, 0) is 106 Å². The fourth-order valence-corrected chi connectivity index (χ4v) is 5.51. The van der Waals surface area contributed by atoms with Crippen molar-refractivity contribution in [2.24, 2.45) is 17.8 Å². The molecule has 0 spiro atoms. The predicted molar refractivity (Wildman–Crippen MR) is 125 cm³/mol. The molecule has 3 rings (SSSR count). The second-order valence-corrected chi connectivity index (χ2v) is 9.33. The summed E-state index contributed by atoms with van der Waals surface area (Å²) in [6.07, 6.45) is 22.8. The highest BCUT2D eigenvalue weighted by Crippen LogP contribution is 2.44. The first-order valence-corrected chi connectivity index (χ1v) is 12.2. The molecule has 0 N–H and O–H groups in total. The number of hydrogen-bond acceptors (Lipinski definition) is 1. The average Bonchev–Trinajstić information content (AvgIpc) is 2.78. The maximum Gasteiger partial charge on any atom is 0.0721 e. The summed E-state index contributed by atoms with van der Waals surface area (Å²) in [5.41, 5.74) is 2.84. The van der Waals surface area contributed by atoms with Crippen LogP contribution in [0.1, 0.15) is 95.1 Å². The molecule has 0 amide bonds. The molecule has 160 valence electrons. The zero-order chi connectivity index (χ0) is 20.3. The van der Waals surface area contributed by atoms with Crippen LogP contribution >= 0.6 is 0 Å². The van der Waals surface area contributed by atoms with Crippen LogP contribution in [0.3, 0.4) is 0 Å². The molecule has 0 atom stereocenters. The van der Waals surface area contributed by atoms with E-state index in [1.165, 1.54) is 63.4 Å². The van der Waals surface area contributed by atoms with E-state index in [9.17, 15) is 0 Å². The van der Waals surface area contributed by atoms with Crippen molar-refractivity contribution in [3.63, 3.8) is 0 Å². The summed E-state index contributed by atoms with van der Waals surface area (Å²) in [6.45, 7) is 5.74. The van der Waals surface area contributed by atoms with Gasteiger partial charge in [-0.3, -0.25) is 0 Å². The largest absolute Gasteiger partial charge is 0.373 e. The molecule has 0 aliphatic heterocycles. The van der Waals surface area contributed by atoms with Crippen LogP contribution < -0.4 is 0 Å². The maximum atomic E-state index is 5.73. The highest BCUT2D eigenvalue weighted by Gasteiger charge is 2.30. The molecule has 1 heteroatoms. The number of rotatable bonds is 9. The first kappa shape index (κ1) is 22.3. The molecule has 0 bridgehead atoms. The van der Waals surface area contributed by atoms with Gasteiger partial charge in [-0.2, -0.15) is 0 Å². The SMILES string of the molecule is C/C=C/C[C@H]1CC[C@H](C2CCC(c3ccc(COCC=CCC)cc3)CC2)CC1. The third kappa shape index (κ3) is 7.14. The normalized spacial score (nSPS) is 28.3. The van der Waals surface area contributed by atoms with E-state index in [4.69, 9.17) is 4.74 Å². The summed E-state index contributed by atoms with van der Waals surface area (Å²) in [6, 6.07) is 9.27. The Labute approximate surface area is 179 Å². The molecule has 0 aromatic heterocycles. The Bertz CT molecular complexity index is 610. The number of benzene rings is 1. The lowest BCUT2D eigenvalue weighted by Gasteiger charge is -2.38. The topological polar surface area (TPSA) is 9.23 Å². The van der Waals surface area contributed by atoms with Crippen LogP contribution in [-0.2, 0) is 11.3 Å². The molecule has 0 saturated heterocycles. The van der Waals surface area contributed by atoms with Crippen LogP contribution in [0.25, 0.3) is 0 Å². The molecule has 2 aliphatic carbocycles. The van der Waals surface area contributed by atoms with Crippen molar-refractivity contribution < 1.29 is 4.74 Å². The van der Waals surface area contributed by atoms with Crippen LogP contribution in [0, 0.1) is 17.8 Å². The van der Waals surface area contributed by atoms with E-state index in [0.29, 0.717) is 0 Å². The summed E-state index contributed by atoms with van der Waals surface area (Å²) in [7, 11) is 0. The highest BCUT2D eigenvalue weighted by molar-refractivity contribution is 5.25. The molecule has 0 heterocycles. The Kier molecular flexibility index (Phi) is 9.54. The molecule has 0 unspecified atom stereocenters. The third-order valence-corrected chi connectivity index (χ3v) is 7.37. The quantitative estimate of drug-likeness (QED) is 0.303. The van der Waals surface area contributed by atoms with Gasteiger partial charge in [-0.15, -0.1) is 0 Å². The summed E-state index contributed by atoms with van der Waals surface area (Å²) >= 11 is 0. The molecular weight excluding hydrogens is 352 g/mol. The van der Waals surface area contributed by atoms with Crippen LogP contribution in [0.5, 0.6) is 0 Å². The number of ether oxygens (including phenoxy) is 1. The lowest BCUT2D eigenvalue weighted by atomic mass is 9.68. The van der Waals surface area contributed by atoms with Gasteiger partial charge in [0.1, 0.15) is 0 Å². The lowest BCUT2D eigenvalue weighted by molar-refractivity contribution is 0.148. The summed E-state index contributed by atoms with van der Waals surface area (Å²) in [5.74, 6) is 3.75. The Morgan fingerprint density at radius 1 is 0.828 bits per heavy atom. The van der Waals surface area contributed by atoms with Gasteiger partial charge in [0.15, 0.2) is 0 Å². The van der Waals surface area contributed by atoms with Gasteiger partial charge in [-0.1, -0.05) is 55.5 Å². The third-order valence-electron chi connectivity index (χ3n) is 7.37. The zero-order valence-electron chi connectivity index (χ0n) is 18.8. The van der Waals surface area contributed by atoms with E-state index in [1.807, 2.05) is 0 Å². The number of hydrogen-bond donors (Lipinski definition) is 0. The van der Waals surface area contributed by atoms with Crippen LogP contribution in [-0.4, -0.2) is 6.61 Å². The molecule has 29 heavy (non-hydrogen) atoms. The van der Waals surface area contributed by atoms with Crippen molar-refractivity contribution in [1.29, 1.82) is 0 Å². The predicted octanol–water partition coefficient (Wildman–Crippen LogP) is 8.22. The summed E-state index contributed by atoms with van der Waals surface area (Å²) in [5, 5.41) is 0. The van der Waals surface area contributed by atoms with E-state index < -0.39 is 0 Å². The van der Waals surface area contributed by atoms with Crippen molar-refractivity contribution in [2.45, 2.75) is 90.6 Å². The van der Waals surface area contributed by atoms with Gasteiger partial charge in [-0.25, -0.2) is 0 Å². The second kappa shape index (κ2) is 12.4. The van der Waals surface area contributed by atoms with E-state index in [-0.39, 0.29) is 0 Å². The molecule has 1 aromatic rings. The fourth-order valence-electron chi connectivity index (χ4n) is 5.51. The van der Waals surface area contributed by atoms with Gasteiger partial charge in [0.2, 0.25) is 0 Å². The highest BCUT2D eigenvalue weighted by atomic mass is 16.5. The minimum Gasteiger partial charge on any atom is -0.373 e. The maximum absolute atomic E-state index is 5.73. The zero-order valence-corrected chi connectivity index (χ0v) is 18.8. The van der Waals surface area contributed by atoms with Gasteiger partial charge >= 0.3 is 0 Å². The van der Waals surface area contributed by atoms with E-state index in [1.54, 1.807) is 5.56 Å². The van der Waals surface area contributed by atoms with Crippen molar-refractivity contribution in [3.8, 4) is 0 Å². The lowest BCUT2D eigenvalue weighted by Crippen LogP contribution is -2.25. The van der Waals surface area contributed by atoms with Crippen LogP contribution in [0.15, 0.2) is 48.6 Å². The van der Waals surface area contributed by atoms with Crippen molar-refractivity contribution >= 4 is 0 Å². The van der Waals surface area contributed by atoms with Gasteiger partial charge < -0.3 is 4.74 Å². The van der Waals surface area contributed by atoms with Crippen LogP contribution in [0.4, 0.5) is 0 Å². The molecule has 2 fully saturated rings. The summed E-state index contributed by atoms with van der Waals surface area (Å²) in [4.78, 5) is 0. The Hall–Kier alpha value is -1.34. The van der Waals surface area contributed by atoms with Crippen molar-refractivity contribution in [2.75, 3.05) is 6.61 Å². The Balaban J connectivity index is 1.38. The summed E-state index contributed by atoms with van der Waals surface area (Å²) < 4.78 is 5.73. The van der Waals surface area contributed by atoms with Gasteiger partial charge in [0.05, 0.1) is 13.2 Å². The number of allylic oxidation sites excluding steroid dienone is 3. The van der Waals surface area contributed by atoms with Gasteiger partial charge in [0, 0.05) is 0 Å². The minimum absolute atomic E-state index is 0.719. The standard InChI is InChI=1S/C28H42O/c1-3-5-7-21-29-22-24-11-15-26(16-12-24)28-19-17-27(18-20-28)25-13-9-23(10-14-25)8-6-4-2/h4-7,11-12,15-16,23,25,27-28H,3,8-10,13-14,17-22H2,1-2H3/b6-4+,7-5?/t23-,25-,27?,28?. The molecule has 0 radical (unpaired) electrons. The molecule has 2 saturated carbocycles. The second-order valence-electron chi connectivity index (χ2n) is 9.33. The Morgan fingerprint density at radius 2 is 1.48 bits per heavy atom. The monoisotopic (exact) mass is 394 g/mol. The van der Waals surface area contributed by atoms with E-state index >= 15 is 0 Å². The average molecular weight is 395 g/mol. The van der Waals surface area contributed by atoms with Crippen molar-refractivity contribution in [1.82, 2.24) is 0 Å². The molecule has 1 aromatic carbocycles. The van der Waals surface area contributed by atoms with Crippen molar-refractivity contribution in [3.05, 3.63) is 59.7 Å². The first-order valence-electron chi connectivity index (χ1n) is 12.2. The Morgan fingerprint density at radius 3 is 2.10 bits per heavy atom. The smallest absolute Gasteiger partial charge is 0.0721 e. The fraction of sp³-hybridized carbons (Fsp3) is 0.643. The molecule has 2 aliphatic rings. The van der Waals surface area contributed by atoms with Crippen LogP contribution in [0.2, 0.25) is 0 Å². The minimum atomic E-state index is 0.719.